The summed E-state index contributed by atoms with van der Waals surface area (Å²) >= 11 is 6.06. The monoisotopic (exact) mass is 180 g/mol. The summed E-state index contributed by atoms with van der Waals surface area (Å²) in [6.07, 6.45) is 2.80. The average molecular weight is 181 g/mol. The van der Waals surface area contributed by atoms with E-state index in [9.17, 15) is 0 Å². The minimum Gasteiger partial charge on any atom is -0.290 e. The van der Waals surface area contributed by atoms with Gasteiger partial charge in [-0.2, -0.15) is 0 Å². The van der Waals surface area contributed by atoms with Crippen molar-refractivity contribution >= 4 is 17.2 Å². The second kappa shape index (κ2) is 2.79. The quantitative estimate of drug-likeness (QED) is 0.660. The standard InChI is InChI=1S/C9H9ClN2/c1-2-7-9(10)12-6-4-3-5-8(12)11-7/h3-6H,2H2,1H3. The van der Waals surface area contributed by atoms with Crippen LogP contribution in [0.3, 0.4) is 0 Å². The summed E-state index contributed by atoms with van der Waals surface area (Å²) in [6.45, 7) is 2.05. The van der Waals surface area contributed by atoms with E-state index >= 15 is 0 Å². The lowest BCUT2D eigenvalue weighted by atomic mass is 10.4. The van der Waals surface area contributed by atoms with Crippen molar-refractivity contribution in [3.63, 3.8) is 0 Å². The largest absolute Gasteiger partial charge is 0.290 e. The second-order valence-electron chi connectivity index (χ2n) is 2.63. The first-order valence-corrected chi connectivity index (χ1v) is 4.32. The van der Waals surface area contributed by atoms with E-state index in [1.165, 1.54) is 0 Å². The maximum Gasteiger partial charge on any atom is 0.138 e. The molecule has 0 saturated carbocycles. The molecule has 0 N–H and O–H groups in total. The molecule has 12 heavy (non-hydrogen) atoms. The summed E-state index contributed by atoms with van der Waals surface area (Å²) in [7, 11) is 0. The molecule has 0 radical (unpaired) electrons. The summed E-state index contributed by atoms with van der Waals surface area (Å²) in [6, 6.07) is 5.85. The van der Waals surface area contributed by atoms with Crippen molar-refractivity contribution in [1.29, 1.82) is 0 Å². The van der Waals surface area contributed by atoms with Gasteiger partial charge in [0.05, 0.1) is 5.69 Å². The molecule has 0 atom stereocenters. The number of hydrogen-bond acceptors (Lipinski definition) is 1. The van der Waals surface area contributed by atoms with Crippen molar-refractivity contribution in [1.82, 2.24) is 9.38 Å². The van der Waals surface area contributed by atoms with Gasteiger partial charge in [0.15, 0.2) is 0 Å². The van der Waals surface area contributed by atoms with Gasteiger partial charge in [0.2, 0.25) is 0 Å². The maximum atomic E-state index is 6.06. The van der Waals surface area contributed by atoms with Gasteiger partial charge in [0.25, 0.3) is 0 Å². The zero-order chi connectivity index (χ0) is 8.55. The Bertz CT molecular complexity index is 406. The number of hydrogen-bond donors (Lipinski definition) is 0. The number of aromatic nitrogens is 2. The predicted octanol–water partition coefficient (Wildman–Crippen LogP) is 2.55. The van der Waals surface area contributed by atoms with Crippen LogP contribution in [0.2, 0.25) is 5.15 Å². The first kappa shape index (κ1) is 7.62. The Morgan fingerprint density at radius 2 is 2.33 bits per heavy atom. The van der Waals surface area contributed by atoms with E-state index in [4.69, 9.17) is 11.6 Å². The molecule has 2 aromatic rings. The van der Waals surface area contributed by atoms with Gasteiger partial charge >= 0.3 is 0 Å². The minimum atomic E-state index is 0.730. The van der Waals surface area contributed by atoms with E-state index in [-0.39, 0.29) is 0 Å². The van der Waals surface area contributed by atoms with E-state index in [1.54, 1.807) is 0 Å². The molecule has 2 nitrogen and oxygen atoms in total. The van der Waals surface area contributed by atoms with E-state index in [1.807, 2.05) is 35.7 Å². The number of nitrogens with zero attached hydrogens (tertiary/aromatic N) is 2. The van der Waals surface area contributed by atoms with Crippen molar-refractivity contribution in [2.45, 2.75) is 13.3 Å². The molecule has 0 fully saturated rings. The fourth-order valence-corrected chi connectivity index (χ4v) is 1.56. The molecule has 0 unspecified atom stereocenters. The highest BCUT2D eigenvalue weighted by Crippen LogP contribution is 2.17. The van der Waals surface area contributed by atoms with Gasteiger partial charge in [-0.05, 0) is 18.6 Å². The number of imidazole rings is 1. The van der Waals surface area contributed by atoms with Crippen LogP contribution in [0.25, 0.3) is 5.65 Å². The van der Waals surface area contributed by atoms with Gasteiger partial charge in [0, 0.05) is 6.20 Å². The zero-order valence-corrected chi connectivity index (χ0v) is 7.54. The Kier molecular flexibility index (Phi) is 1.77. The van der Waals surface area contributed by atoms with Gasteiger partial charge in [-0.1, -0.05) is 24.6 Å². The maximum absolute atomic E-state index is 6.06. The predicted molar refractivity (Wildman–Crippen MR) is 49.6 cm³/mol. The lowest BCUT2D eigenvalue weighted by Crippen LogP contribution is -1.81. The smallest absolute Gasteiger partial charge is 0.138 e. The molecule has 0 aliphatic carbocycles. The minimum absolute atomic E-state index is 0.730. The highest BCUT2D eigenvalue weighted by molar-refractivity contribution is 6.30. The first-order chi connectivity index (χ1) is 5.83. The Hall–Kier alpha value is -1.02. The molecule has 0 aromatic carbocycles. The van der Waals surface area contributed by atoms with Gasteiger partial charge in [-0.15, -0.1) is 0 Å². The van der Waals surface area contributed by atoms with Gasteiger partial charge in [0.1, 0.15) is 10.8 Å². The summed E-state index contributed by atoms with van der Waals surface area (Å²) in [5.41, 5.74) is 1.88. The van der Waals surface area contributed by atoms with Crippen LogP contribution in [0.15, 0.2) is 24.4 Å². The van der Waals surface area contributed by atoms with Gasteiger partial charge < -0.3 is 0 Å². The third kappa shape index (κ3) is 0.994. The Labute approximate surface area is 75.8 Å². The molecule has 0 spiro atoms. The van der Waals surface area contributed by atoms with Crippen molar-refractivity contribution in [2.24, 2.45) is 0 Å². The average Bonchev–Trinajstić information content (AvgIpc) is 2.44. The molecular weight excluding hydrogens is 172 g/mol. The van der Waals surface area contributed by atoms with Gasteiger partial charge in [-0.3, -0.25) is 4.40 Å². The molecule has 2 rings (SSSR count). The van der Waals surface area contributed by atoms with Crippen LogP contribution in [0.1, 0.15) is 12.6 Å². The number of pyridine rings is 1. The van der Waals surface area contributed by atoms with Crippen molar-refractivity contribution in [3.05, 3.63) is 35.2 Å². The van der Waals surface area contributed by atoms with E-state index in [2.05, 4.69) is 4.98 Å². The van der Waals surface area contributed by atoms with Gasteiger partial charge in [-0.25, -0.2) is 4.98 Å². The second-order valence-corrected chi connectivity index (χ2v) is 2.99. The van der Waals surface area contributed by atoms with Crippen LogP contribution >= 0.6 is 11.6 Å². The zero-order valence-electron chi connectivity index (χ0n) is 6.79. The number of fused-ring (bicyclic) bond motifs is 1. The third-order valence-electron chi connectivity index (χ3n) is 1.87. The molecule has 0 aliphatic heterocycles. The first-order valence-electron chi connectivity index (χ1n) is 3.94. The number of rotatable bonds is 1. The van der Waals surface area contributed by atoms with Crippen molar-refractivity contribution < 1.29 is 0 Å². The summed E-state index contributed by atoms with van der Waals surface area (Å²) in [5.74, 6) is 0. The molecule has 0 saturated heterocycles. The van der Waals surface area contributed by atoms with Crippen molar-refractivity contribution in [3.8, 4) is 0 Å². The van der Waals surface area contributed by atoms with Crippen LogP contribution in [0.4, 0.5) is 0 Å². The molecule has 2 heterocycles. The normalized spacial score (nSPS) is 10.8. The van der Waals surface area contributed by atoms with Crippen LogP contribution in [0.5, 0.6) is 0 Å². The highest BCUT2D eigenvalue weighted by Gasteiger charge is 2.05. The number of aryl methyl sites for hydroxylation is 1. The fourth-order valence-electron chi connectivity index (χ4n) is 1.24. The summed E-state index contributed by atoms with van der Waals surface area (Å²) in [4.78, 5) is 4.36. The molecule has 62 valence electrons. The summed E-state index contributed by atoms with van der Waals surface area (Å²) < 4.78 is 1.89. The van der Waals surface area contributed by atoms with E-state index < -0.39 is 0 Å². The third-order valence-corrected chi connectivity index (χ3v) is 2.27. The molecule has 0 bridgehead atoms. The molecule has 3 heteroatoms. The molecule has 2 aromatic heterocycles. The summed E-state index contributed by atoms with van der Waals surface area (Å²) in [5, 5.41) is 0.730. The topological polar surface area (TPSA) is 17.3 Å². The number of halogens is 1. The molecule has 0 amide bonds. The SMILES string of the molecule is CCc1nc2ccccn2c1Cl. The molecular formula is C9H9ClN2. The fraction of sp³-hybridized carbons (Fsp3) is 0.222. The van der Waals surface area contributed by atoms with E-state index in [0.717, 1.165) is 22.9 Å². The Morgan fingerprint density at radius 1 is 1.50 bits per heavy atom. The Morgan fingerprint density at radius 3 is 3.00 bits per heavy atom. The highest BCUT2D eigenvalue weighted by atomic mass is 35.5. The van der Waals surface area contributed by atoms with Crippen molar-refractivity contribution in [2.75, 3.05) is 0 Å². The van der Waals surface area contributed by atoms with Crippen LogP contribution in [-0.2, 0) is 6.42 Å². The Balaban J connectivity index is 2.78. The molecule has 0 aliphatic rings. The van der Waals surface area contributed by atoms with Crippen LogP contribution in [0, 0.1) is 0 Å². The van der Waals surface area contributed by atoms with Crippen LogP contribution < -0.4 is 0 Å². The lowest BCUT2D eigenvalue weighted by molar-refractivity contribution is 1.07. The van der Waals surface area contributed by atoms with E-state index in [0.29, 0.717) is 0 Å². The lowest BCUT2D eigenvalue weighted by Gasteiger charge is -1.91. The van der Waals surface area contributed by atoms with Crippen LogP contribution in [-0.4, -0.2) is 9.38 Å².